The number of aliphatic hydroxyl groups excluding tert-OH is 1. The maximum absolute atomic E-state index is 12.2. The smallest absolute Gasteiger partial charge is 0.212 e. The van der Waals surface area contributed by atoms with Crippen LogP contribution in [0.4, 0.5) is 0 Å². The first-order valence-corrected chi connectivity index (χ1v) is 8.45. The zero-order valence-corrected chi connectivity index (χ0v) is 12.6. The Morgan fingerprint density at radius 2 is 2.11 bits per heavy atom. The van der Waals surface area contributed by atoms with E-state index in [0.717, 1.165) is 6.42 Å². The van der Waals surface area contributed by atoms with Crippen molar-refractivity contribution in [1.82, 2.24) is 4.72 Å². The Morgan fingerprint density at radius 3 is 2.53 bits per heavy atom. The predicted octanol–water partition coefficient (Wildman–Crippen LogP) is 0.682. The highest BCUT2D eigenvalue weighted by Gasteiger charge is 2.65. The molecule has 0 saturated heterocycles. The lowest BCUT2D eigenvalue weighted by molar-refractivity contribution is -0.128. The van der Waals surface area contributed by atoms with E-state index in [4.69, 9.17) is 5.11 Å². The van der Waals surface area contributed by atoms with E-state index in [1.165, 1.54) is 6.92 Å². The van der Waals surface area contributed by atoms with Crippen LogP contribution < -0.4 is 4.72 Å². The third kappa shape index (κ3) is 2.34. The Kier molecular flexibility index (Phi) is 3.56. The summed E-state index contributed by atoms with van der Waals surface area (Å²) in [5.74, 6) is 0.262. The van der Waals surface area contributed by atoms with Gasteiger partial charge in [-0.25, -0.2) is 13.1 Å². The molecule has 0 heterocycles. The van der Waals surface area contributed by atoms with E-state index in [1.807, 2.05) is 13.8 Å². The summed E-state index contributed by atoms with van der Waals surface area (Å²) in [4.78, 5) is 12.2. The molecule has 2 aliphatic rings. The van der Waals surface area contributed by atoms with Crippen molar-refractivity contribution < 1.29 is 18.3 Å². The SMILES string of the molecule is CC(O)CNS(=O)(=O)CC12CCC(CC1=O)C2(C)C. The number of ketones is 1. The van der Waals surface area contributed by atoms with Gasteiger partial charge in [0.15, 0.2) is 0 Å². The van der Waals surface area contributed by atoms with Crippen molar-refractivity contribution in [2.45, 2.75) is 46.1 Å². The molecule has 110 valence electrons. The van der Waals surface area contributed by atoms with Crippen LogP contribution in [0.15, 0.2) is 0 Å². The summed E-state index contributed by atoms with van der Waals surface area (Å²) < 4.78 is 26.7. The molecule has 0 radical (unpaired) electrons. The lowest BCUT2D eigenvalue weighted by Gasteiger charge is -2.36. The van der Waals surface area contributed by atoms with Crippen molar-refractivity contribution in [1.29, 1.82) is 0 Å². The Balaban J connectivity index is 2.20. The van der Waals surface area contributed by atoms with E-state index in [-0.39, 0.29) is 23.5 Å². The summed E-state index contributed by atoms with van der Waals surface area (Å²) in [5.41, 5.74) is -0.980. The highest BCUT2D eigenvalue weighted by Crippen LogP contribution is 2.64. The van der Waals surface area contributed by atoms with Gasteiger partial charge in [0.05, 0.1) is 11.9 Å². The second-order valence-corrected chi connectivity index (χ2v) is 8.43. The fraction of sp³-hybridized carbons (Fsp3) is 0.923. The number of carbonyl (C=O) groups excluding carboxylic acids is 1. The van der Waals surface area contributed by atoms with Gasteiger partial charge in [0.25, 0.3) is 0 Å². The van der Waals surface area contributed by atoms with Crippen LogP contribution in [0, 0.1) is 16.7 Å². The van der Waals surface area contributed by atoms with Crippen LogP contribution in [-0.4, -0.2) is 37.7 Å². The summed E-state index contributed by atoms with van der Waals surface area (Å²) >= 11 is 0. The average Bonchev–Trinajstić information content (AvgIpc) is 2.60. The highest BCUT2D eigenvalue weighted by atomic mass is 32.2. The first kappa shape index (κ1) is 14.9. The number of hydrogen-bond acceptors (Lipinski definition) is 4. The molecule has 0 aliphatic heterocycles. The summed E-state index contributed by atoms with van der Waals surface area (Å²) in [6.07, 6.45) is 1.39. The molecule has 6 heteroatoms. The van der Waals surface area contributed by atoms with Crippen molar-refractivity contribution in [3.8, 4) is 0 Å². The number of sulfonamides is 1. The van der Waals surface area contributed by atoms with Crippen molar-refractivity contribution in [3.63, 3.8) is 0 Å². The van der Waals surface area contributed by atoms with Crippen LogP contribution in [0.5, 0.6) is 0 Å². The molecule has 5 nitrogen and oxygen atoms in total. The maximum atomic E-state index is 12.2. The van der Waals surface area contributed by atoms with Gasteiger partial charge in [-0.1, -0.05) is 13.8 Å². The summed E-state index contributed by atoms with van der Waals surface area (Å²) in [7, 11) is -3.54. The molecule has 0 aromatic rings. The van der Waals surface area contributed by atoms with Crippen LogP contribution in [-0.2, 0) is 14.8 Å². The first-order valence-electron chi connectivity index (χ1n) is 6.79. The van der Waals surface area contributed by atoms with E-state index in [2.05, 4.69) is 4.72 Å². The second kappa shape index (κ2) is 4.53. The Morgan fingerprint density at radius 1 is 1.47 bits per heavy atom. The molecule has 0 aromatic carbocycles. The number of aliphatic hydroxyl groups is 1. The topological polar surface area (TPSA) is 83.5 Å². The van der Waals surface area contributed by atoms with Gasteiger partial charge < -0.3 is 5.11 Å². The minimum atomic E-state index is -3.54. The highest BCUT2D eigenvalue weighted by molar-refractivity contribution is 7.89. The van der Waals surface area contributed by atoms with Gasteiger partial charge in [-0.05, 0) is 31.1 Å². The molecule has 2 bridgehead atoms. The molecule has 0 spiro atoms. The fourth-order valence-corrected chi connectivity index (χ4v) is 5.65. The monoisotopic (exact) mass is 289 g/mol. The van der Waals surface area contributed by atoms with Gasteiger partial charge in [-0.15, -0.1) is 0 Å². The van der Waals surface area contributed by atoms with Crippen molar-refractivity contribution >= 4 is 15.8 Å². The summed E-state index contributed by atoms with van der Waals surface area (Å²) in [6, 6.07) is 0. The van der Waals surface area contributed by atoms with Crippen molar-refractivity contribution in [2.24, 2.45) is 16.7 Å². The Bertz CT molecular complexity index is 483. The molecule has 19 heavy (non-hydrogen) atoms. The van der Waals surface area contributed by atoms with Crippen LogP contribution in [0.1, 0.15) is 40.0 Å². The molecule has 2 fully saturated rings. The van der Waals surface area contributed by atoms with E-state index in [0.29, 0.717) is 18.8 Å². The molecular formula is C13H23NO4S. The van der Waals surface area contributed by atoms with Crippen LogP contribution >= 0.6 is 0 Å². The molecule has 3 atom stereocenters. The van der Waals surface area contributed by atoms with Gasteiger partial charge in [0, 0.05) is 18.4 Å². The number of rotatable bonds is 5. The van der Waals surface area contributed by atoms with E-state index in [1.54, 1.807) is 0 Å². The largest absolute Gasteiger partial charge is 0.392 e. The number of nitrogens with one attached hydrogen (secondary N) is 1. The fourth-order valence-electron chi connectivity index (χ4n) is 3.73. The first-order chi connectivity index (χ1) is 8.61. The van der Waals surface area contributed by atoms with Gasteiger partial charge in [0.2, 0.25) is 10.0 Å². The number of hydrogen-bond donors (Lipinski definition) is 2. The molecule has 2 N–H and O–H groups in total. The third-order valence-electron chi connectivity index (χ3n) is 5.17. The molecule has 0 amide bonds. The molecule has 2 saturated carbocycles. The van der Waals surface area contributed by atoms with Crippen LogP contribution in [0.25, 0.3) is 0 Å². The zero-order valence-electron chi connectivity index (χ0n) is 11.8. The summed E-state index contributed by atoms with van der Waals surface area (Å²) in [5, 5.41) is 9.17. The molecular weight excluding hydrogens is 266 g/mol. The normalized spacial score (nSPS) is 34.7. The van der Waals surface area contributed by atoms with Gasteiger partial charge >= 0.3 is 0 Å². The van der Waals surface area contributed by atoms with E-state index < -0.39 is 21.5 Å². The Hall–Kier alpha value is -0.460. The number of fused-ring (bicyclic) bond motifs is 2. The second-order valence-electron chi connectivity index (χ2n) is 6.62. The van der Waals surface area contributed by atoms with Crippen molar-refractivity contribution in [2.75, 3.05) is 12.3 Å². The Labute approximate surface area is 114 Å². The minimum absolute atomic E-state index is 0.00351. The molecule has 3 unspecified atom stereocenters. The standard InChI is InChI=1S/C13H23NO4S/c1-9(15)7-14-19(17,18)8-13-5-4-10(6-11(13)16)12(13,2)3/h9-10,14-15H,4-8H2,1-3H3. The summed E-state index contributed by atoms with van der Waals surface area (Å²) in [6.45, 7) is 5.55. The molecule has 2 rings (SSSR count). The predicted molar refractivity (Wildman–Crippen MR) is 72.0 cm³/mol. The lowest BCUT2D eigenvalue weighted by atomic mass is 9.70. The van der Waals surface area contributed by atoms with Gasteiger partial charge in [-0.3, -0.25) is 4.79 Å². The van der Waals surface area contributed by atoms with Gasteiger partial charge in [0.1, 0.15) is 5.78 Å². The van der Waals surface area contributed by atoms with Crippen molar-refractivity contribution in [3.05, 3.63) is 0 Å². The molecule has 0 aromatic heterocycles. The average molecular weight is 289 g/mol. The maximum Gasteiger partial charge on any atom is 0.212 e. The molecule has 2 aliphatic carbocycles. The number of Topliss-reactive ketones (excluding diaryl/α,β-unsaturated/α-hetero) is 1. The van der Waals surface area contributed by atoms with Gasteiger partial charge in [-0.2, -0.15) is 0 Å². The lowest BCUT2D eigenvalue weighted by Crippen LogP contribution is -2.46. The zero-order chi connectivity index (χ0) is 14.5. The number of carbonyl (C=O) groups is 1. The quantitative estimate of drug-likeness (QED) is 0.779. The third-order valence-corrected chi connectivity index (χ3v) is 6.65. The van der Waals surface area contributed by atoms with Crippen LogP contribution in [0.2, 0.25) is 0 Å². The van der Waals surface area contributed by atoms with Crippen LogP contribution in [0.3, 0.4) is 0 Å². The minimum Gasteiger partial charge on any atom is -0.392 e. The van der Waals surface area contributed by atoms with E-state index in [9.17, 15) is 13.2 Å². The van der Waals surface area contributed by atoms with E-state index >= 15 is 0 Å².